The van der Waals surface area contributed by atoms with Crippen molar-refractivity contribution < 1.29 is 34.4 Å². The van der Waals surface area contributed by atoms with Crippen LogP contribution < -0.4 is 0 Å². The summed E-state index contributed by atoms with van der Waals surface area (Å²) in [6.45, 7) is 2.24. The minimum absolute atomic E-state index is 0.134. The van der Waals surface area contributed by atoms with Gasteiger partial charge in [-0.15, -0.1) is 0 Å². The van der Waals surface area contributed by atoms with Gasteiger partial charge in [0.1, 0.15) is 0 Å². The van der Waals surface area contributed by atoms with E-state index in [-0.39, 0.29) is 6.42 Å². The zero-order chi connectivity index (χ0) is 22.2. The molecule has 30 heavy (non-hydrogen) atoms. The molecule has 172 valence electrons. The lowest BCUT2D eigenvalue weighted by Gasteiger charge is -2.09. The fourth-order valence-electron chi connectivity index (χ4n) is 3.16. The third-order valence-corrected chi connectivity index (χ3v) is 4.98. The molecule has 0 saturated heterocycles. The number of carbonyl (C=O) groups is 1. The molecule has 0 saturated carbocycles. The highest BCUT2D eigenvalue weighted by Gasteiger charge is 2.27. The second kappa shape index (κ2) is 15.7. The smallest absolute Gasteiger partial charge is 0.330 e. The molecule has 0 aliphatic carbocycles. The highest BCUT2D eigenvalue weighted by molar-refractivity contribution is 5.69. The van der Waals surface area contributed by atoms with Crippen molar-refractivity contribution in [1.82, 2.24) is 0 Å². The van der Waals surface area contributed by atoms with Crippen LogP contribution in [-0.4, -0.2) is 26.4 Å². The molecule has 0 fully saturated rings. The maximum atomic E-state index is 11.7. The number of hydrogen-bond acceptors (Lipinski definition) is 7. The number of aromatic hydroxyl groups is 3. The molecule has 1 rings (SSSR count). The van der Waals surface area contributed by atoms with Crippen molar-refractivity contribution in [2.45, 2.75) is 103 Å². The van der Waals surface area contributed by atoms with Gasteiger partial charge >= 0.3 is 11.9 Å². The van der Waals surface area contributed by atoms with Gasteiger partial charge in [0.05, 0.1) is 0 Å². The van der Waals surface area contributed by atoms with E-state index in [0.29, 0.717) is 6.42 Å². The number of furan rings is 1. The van der Waals surface area contributed by atoms with E-state index in [0.717, 1.165) is 32.1 Å². The number of aliphatic hydroxyl groups excluding tert-OH is 1. The van der Waals surface area contributed by atoms with Gasteiger partial charge in [0.15, 0.2) is 0 Å². The first kappa shape index (κ1) is 25.9. The molecule has 0 spiro atoms. The molecular formula is C23H38O7. The summed E-state index contributed by atoms with van der Waals surface area (Å²) in [5, 5.41) is 37.5. The van der Waals surface area contributed by atoms with E-state index < -0.39 is 35.5 Å². The van der Waals surface area contributed by atoms with Crippen molar-refractivity contribution in [3.8, 4) is 17.4 Å². The van der Waals surface area contributed by atoms with E-state index in [2.05, 4.69) is 23.5 Å². The summed E-state index contributed by atoms with van der Waals surface area (Å²) in [7, 11) is 0. The Morgan fingerprint density at radius 3 is 1.93 bits per heavy atom. The van der Waals surface area contributed by atoms with Gasteiger partial charge in [-0.05, 0) is 32.1 Å². The van der Waals surface area contributed by atoms with Gasteiger partial charge in [0.25, 0.3) is 6.29 Å². The molecule has 1 aromatic rings. The van der Waals surface area contributed by atoms with Crippen molar-refractivity contribution in [1.29, 1.82) is 0 Å². The lowest BCUT2D eigenvalue weighted by molar-refractivity contribution is -0.172. The summed E-state index contributed by atoms with van der Waals surface area (Å²) >= 11 is 0. The number of allylic oxidation sites excluding steroid dienone is 2. The van der Waals surface area contributed by atoms with Crippen molar-refractivity contribution >= 4 is 5.97 Å². The Morgan fingerprint density at radius 1 is 0.867 bits per heavy atom. The molecule has 0 aromatic carbocycles. The van der Waals surface area contributed by atoms with Crippen LogP contribution in [0.25, 0.3) is 0 Å². The number of carbonyl (C=O) groups excluding carboxylic acids is 1. The minimum Gasteiger partial charge on any atom is -0.502 e. The van der Waals surface area contributed by atoms with Crippen molar-refractivity contribution in [2.75, 3.05) is 0 Å². The monoisotopic (exact) mass is 426 g/mol. The highest BCUT2D eigenvalue weighted by atomic mass is 16.6. The van der Waals surface area contributed by atoms with Crippen LogP contribution in [-0.2, 0) is 9.53 Å². The van der Waals surface area contributed by atoms with Crippen molar-refractivity contribution in [3.05, 3.63) is 17.9 Å². The third kappa shape index (κ3) is 10.6. The Kier molecular flexibility index (Phi) is 13.5. The Bertz CT molecular complexity index is 621. The second-order valence-electron chi connectivity index (χ2n) is 7.65. The van der Waals surface area contributed by atoms with Crippen molar-refractivity contribution in [3.63, 3.8) is 0 Å². The molecule has 7 heteroatoms. The molecule has 4 N–H and O–H groups in total. The molecular weight excluding hydrogens is 388 g/mol. The molecule has 7 nitrogen and oxygen atoms in total. The lowest BCUT2D eigenvalue weighted by Crippen LogP contribution is -2.10. The third-order valence-electron chi connectivity index (χ3n) is 4.98. The van der Waals surface area contributed by atoms with E-state index in [9.17, 15) is 20.1 Å². The summed E-state index contributed by atoms with van der Waals surface area (Å²) in [4.78, 5) is 11.7. The van der Waals surface area contributed by atoms with Gasteiger partial charge < -0.3 is 29.6 Å². The van der Waals surface area contributed by atoms with E-state index in [1.165, 1.54) is 44.9 Å². The molecule has 1 unspecified atom stereocenters. The minimum atomic E-state index is -1.88. The van der Waals surface area contributed by atoms with E-state index >= 15 is 0 Å². The molecule has 0 aliphatic rings. The largest absolute Gasteiger partial charge is 0.502 e. The van der Waals surface area contributed by atoms with Gasteiger partial charge in [-0.25, -0.2) is 0 Å². The van der Waals surface area contributed by atoms with Gasteiger partial charge in [0.2, 0.25) is 17.3 Å². The topological polar surface area (TPSA) is 120 Å². The van der Waals surface area contributed by atoms with E-state index in [4.69, 9.17) is 9.84 Å². The normalized spacial score (nSPS) is 12.5. The zero-order valence-corrected chi connectivity index (χ0v) is 18.1. The van der Waals surface area contributed by atoms with Crippen LogP contribution in [0.1, 0.15) is 109 Å². The van der Waals surface area contributed by atoms with Gasteiger partial charge in [-0.1, -0.05) is 70.4 Å². The van der Waals surface area contributed by atoms with Gasteiger partial charge in [-0.2, -0.15) is 0 Å². The maximum absolute atomic E-state index is 11.7. The predicted octanol–water partition coefficient (Wildman–Crippen LogP) is 5.97. The lowest BCUT2D eigenvalue weighted by atomic mass is 10.1. The number of esters is 1. The number of aliphatic hydroxyl groups is 1. The molecule has 1 atom stereocenters. The molecule has 1 aromatic heterocycles. The molecule has 0 bridgehead atoms. The summed E-state index contributed by atoms with van der Waals surface area (Å²) in [6, 6.07) is 0. The SMILES string of the molecule is CCCCCCCC/C=C\CCCCCCCC(=O)OC(O)c1oc(O)c(O)c1O. The second-order valence-corrected chi connectivity index (χ2v) is 7.65. The maximum Gasteiger partial charge on any atom is 0.330 e. The van der Waals surface area contributed by atoms with E-state index in [1.807, 2.05) is 0 Å². The average molecular weight is 427 g/mol. The predicted molar refractivity (Wildman–Crippen MR) is 114 cm³/mol. The van der Waals surface area contributed by atoms with Crippen LogP contribution in [0.4, 0.5) is 0 Å². The average Bonchev–Trinajstić information content (AvgIpc) is 2.98. The summed E-state index contributed by atoms with van der Waals surface area (Å²) in [6.07, 6.45) is 17.9. The number of hydrogen-bond donors (Lipinski definition) is 4. The Balaban J connectivity index is 1.98. The highest BCUT2D eigenvalue weighted by Crippen LogP contribution is 2.43. The Hall–Kier alpha value is -2.15. The van der Waals surface area contributed by atoms with Crippen LogP contribution in [0.5, 0.6) is 17.4 Å². The Labute approximate surface area is 179 Å². The number of unbranched alkanes of at least 4 members (excludes halogenated alkanes) is 11. The fourth-order valence-corrected chi connectivity index (χ4v) is 3.16. The van der Waals surface area contributed by atoms with Crippen LogP contribution in [0.15, 0.2) is 16.6 Å². The molecule has 0 amide bonds. The molecule has 0 radical (unpaired) electrons. The van der Waals surface area contributed by atoms with Crippen LogP contribution >= 0.6 is 0 Å². The number of ether oxygens (including phenoxy) is 1. The first-order valence-corrected chi connectivity index (χ1v) is 11.2. The quantitative estimate of drug-likeness (QED) is 0.105. The van der Waals surface area contributed by atoms with E-state index in [1.54, 1.807) is 0 Å². The Morgan fingerprint density at radius 2 is 1.40 bits per heavy atom. The molecule has 0 aliphatic heterocycles. The zero-order valence-electron chi connectivity index (χ0n) is 18.1. The first-order valence-electron chi connectivity index (χ1n) is 11.2. The van der Waals surface area contributed by atoms with Crippen molar-refractivity contribution in [2.24, 2.45) is 0 Å². The number of rotatable bonds is 17. The summed E-state index contributed by atoms with van der Waals surface area (Å²) in [5.41, 5.74) is 0. The summed E-state index contributed by atoms with van der Waals surface area (Å²) in [5.74, 6) is -3.96. The van der Waals surface area contributed by atoms with Crippen LogP contribution in [0, 0.1) is 0 Å². The van der Waals surface area contributed by atoms with Gasteiger partial charge in [-0.3, -0.25) is 4.79 Å². The van der Waals surface area contributed by atoms with Crippen LogP contribution in [0.2, 0.25) is 0 Å². The fraction of sp³-hybridized carbons (Fsp3) is 0.696. The molecule has 1 heterocycles. The van der Waals surface area contributed by atoms with Gasteiger partial charge in [0, 0.05) is 6.42 Å². The van der Waals surface area contributed by atoms with Crippen LogP contribution in [0.3, 0.4) is 0 Å². The summed E-state index contributed by atoms with van der Waals surface area (Å²) < 4.78 is 9.30. The first-order chi connectivity index (χ1) is 14.5. The standard InChI is InChI=1S/C23H38O7/c1-2-3-4-5-6-7-8-9-10-11-12-13-14-15-16-17-18(24)29-23(28)21-19(25)20(26)22(27)30-21/h9-10,23,25-28H,2-8,11-17H2,1H3/b10-9-.